The van der Waals surface area contributed by atoms with Gasteiger partial charge >= 0.3 is 0 Å². The van der Waals surface area contributed by atoms with Gasteiger partial charge in [0.15, 0.2) is 0 Å². The van der Waals surface area contributed by atoms with Gasteiger partial charge in [-0.15, -0.1) is 11.6 Å². The first kappa shape index (κ1) is 11.0. The molecule has 0 radical (unpaired) electrons. The quantitative estimate of drug-likeness (QED) is 0.752. The largest absolute Gasteiger partial charge is 0.354 e. The molecule has 0 aromatic carbocycles. The lowest BCUT2D eigenvalue weighted by atomic mass is 10.3. The summed E-state index contributed by atoms with van der Waals surface area (Å²) in [4.78, 5) is 11.1. The molecule has 0 bridgehead atoms. The van der Waals surface area contributed by atoms with Crippen LogP contribution in [0.5, 0.6) is 0 Å². The van der Waals surface area contributed by atoms with Crippen LogP contribution in [0.4, 0.5) is 0 Å². The second-order valence-electron chi connectivity index (χ2n) is 3.10. The van der Waals surface area contributed by atoms with E-state index >= 15 is 0 Å². The number of amides is 1. The maximum atomic E-state index is 11.1. The monoisotopic (exact) mass is 215 g/mol. The Morgan fingerprint density at radius 1 is 1.79 bits per heavy atom. The standard InChI is InChI=1S/C9H14ClN3O/c1-7(10)9(14)11-5-3-8-4-6-12-13(8)2/h4,6-7H,3,5H2,1-2H3,(H,11,14). The third-order valence-corrected chi connectivity index (χ3v) is 2.16. The van der Waals surface area contributed by atoms with Crippen LogP contribution in [0.2, 0.25) is 0 Å². The maximum absolute atomic E-state index is 11.1. The van der Waals surface area contributed by atoms with Gasteiger partial charge in [-0.1, -0.05) is 0 Å². The number of hydrogen-bond acceptors (Lipinski definition) is 2. The molecule has 1 aromatic rings. The van der Waals surface area contributed by atoms with Gasteiger partial charge in [-0.25, -0.2) is 0 Å². The van der Waals surface area contributed by atoms with Gasteiger partial charge in [0.1, 0.15) is 5.38 Å². The fourth-order valence-corrected chi connectivity index (χ4v) is 1.18. The molecule has 78 valence electrons. The fraction of sp³-hybridized carbons (Fsp3) is 0.556. The van der Waals surface area contributed by atoms with Gasteiger partial charge in [-0.3, -0.25) is 9.48 Å². The molecule has 0 saturated carbocycles. The number of nitrogens with zero attached hydrogens (tertiary/aromatic N) is 2. The summed E-state index contributed by atoms with van der Waals surface area (Å²) in [6.45, 7) is 2.25. The van der Waals surface area contributed by atoms with Crippen molar-refractivity contribution in [3.8, 4) is 0 Å². The minimum atomic E-state index is -0.471. The number of aryl methyl sites for hydroxylation is 1. The smallest absolute Gasteiger partial charge is 0.237 e. The van der Waals surface area contributed by atoms with Crippen molar-refractivity contribution in [1.82, 2.24) is 15.1 Å². The molecule has 0 aliphatic rings. The zero-order valence-corrected chi connectivity index (χ0v) is 9.08. The SMILES string of the molecule is CC(Cl)C(=O)NCCc1ccnn1C. The number of hydrogen-bond donors (Lipinski definition) is 1. The summed E-state index contributed by atoms with van der Waals surface area (Å²) in [5, 5.41) is 6.29. The van der Waals surface area contributed by atoms with Crippen molar-refractivity contribution in [2.24, 2.45) is 7.05 Å². The highest BCUT2D eigenvalue weighted by Crippen LogP contribution is 1.97. The van der Waals surface area contributed by atoms with Crippen molar-refractivity contribution >= 4 is 17.5 Å². The molecule has 0 spiro atoms. The van der Waals surface area contributed by atoms with Crippen LogP contribution in [0, 0.1) is 0 Å². The molecule has 1 amide bonds. The van der Waals surface area contributed by atoms with Gasteiger partial charge in [0.2, 0.25) is 5.91 Å². The Hall–Kier alpha value is -1.03. The molecule has 5 heteroatoms. The summed E-state index contributed by atoms with van der Waals surface area (Å²) < 4.78 is 1.79. The number of halogens is 1. The average Bonchev–Trinajstić information content (AvgIpc) is 2.51. The second-order valence-corrected chi connectivity index (χ2v) is 3.76. The molecule has 1 rings (SSSR count). The van der Waals surface area contributed by atoms with E-state index in [0.717, 1.165) is 12.1 Å². The molecule has 1 atom stereocenters. The number of carbonyl (C=O) groups is 1. The molecule has 14 heavy (non-hydrogen) atoms. The van der Waals surface area contributed by atoms with Crippen molar-refractivity contribution in [3.63, 3.8) is 0 Å². The highest BCUT2D eigenvalue weighted by atomic mass is 35.5. The highest BCUT2D eigenvalue weighted by molar-refractivity contribution is 6.30. The van der Waals surface area contributed by atoms with Crippen molar-refractivity contribution in [3.05, 3.63) is 18.0 Å². The lowest BCUT2D eigenvalue weighted by molar-refractivity contribution is -0.120. The third-order valence-electron chi connectivity index (χ3n) is 1.96. The second kappa shape index (κ2) is 5.00. The number of alkyl halides is 1. The van der Waals surface area contributed by atoms with Gasteiger partial charge in [0, 0.05) is 31.9 Å². The first-order chi connectivity index (χ1) is 6.61. The molecule has 0 fully saturated rings. The minimum Gasteiger partial charge on any atom is -0.354 e. The molecule has 1 unspecified atom stereocenters. The summed E-state index contributed by atoms with van der Waals surface area (Å²) in [6.07, 6.45) is 2.51. The molecule has 1 heterocycles. The average molecular weight is 216 g/mol. The van der Waals surface area contributed by atoms with Gasteiger partial charge in [0.05, 0.1) is 0 Å². The molecule has 0 aliphatic heterocycles. The molecular weight excluding hydrogens is 202 g/mol. The van der Waals surface area contributed by atoms with E-state index in [-0.39, 0.29) is 5.91 Å². The highest BCUT2D eigenvalue weighted by Gasteiger charge is 2.07. The van der Waals surface area contributed by atoms with E-state index in [2.05, 4.69) is 10.4 Å². The summed E-state index contributed by atoms with van der Waals surface area (Å²) in [5.74, 6) is -0.131. The van der Waals surface area contributed by atoms with Crippen molar-refractivity contribution < 1.29 is 4.79 Å². The number of nitrogens with one attached hydrogen (secondary N) is 1. The predicted molar refractivity (Wildman–Crippen MR) is 55.2 cm³/mol. The van der Waals surface area contributed by atoms with Gasteiger partial charge in [-0.2, -0.15) is 5.10 Å². The molecule has 0 saturated heterocycles. The van der Waals surface area contributed by atoms with E-state index < -0.39 is 5.38 Å². The van der Waals surface area contributed by atoms with Crippen LogP contribution in [-0.2, 0) is 18.3 Å². The van der Waals surface area contributed by atoms with Gasteiger partial charge in [0.25, 0.3) is 0 Å². The van der Waals surface area contributed by atoms with Crippen LogP contribution in [0.25, 0.3) is 0 Å². The van der Waals surface area contributed by atoms with Crippen LogP contribution in [-0.4, -0.2) is 27.6 Å². The van der Waals surface area contributed by atoms with Gasteiger partial charge in [-0.05, 0) is 13.0 Å². The van der Waals surface area contributed by atoms with Crippen LogP contribution in [0.3, 0.4) is 0 Å². The Morgan fingerprint density at radius 3 is 3.00 bits per heavy atom. The van der Waals surface area contributed by atoms with Crippen LogP contribution in [0.1, 0.15) is 12.6 Å². The van der Waals surface area contributed by atoms with Crippen molar-refractivity contribution in [2.75, 3.05) is 6.54 Å². The van der Waals surface area contributed by atoms with Gasteiger partial charge < -0.3 is 5.32 Å². The lowest BCUT2D eigenvalue weighted by Crippen LogP contribution is -2.31. The Balaban J connectivity index is 2.29. The minimum absolute atomic E-state index is 0.131. The first-order valence-corrected chi connectivity index (χ1v) is 4.93. The topological polar surface area (TPSA) is 46.9 Å². The maximum Gasteiger partial charge on any atom is 0.237 e. The normalized spacial score (nSPS) is 12.5. The summed E-state index contributed by atoms with van der Waals surface area (Å²) in [5.41, 5.74) is 1.09. The van der Waals surface area contributed by atoms with E-state index in [1.54, 1.807) is 17.8 Å². The van der Waals surface area contributed by atoms with Crippen molar-refractivity contribution in [1.29, 1.82) is 0 Å². The fourth-order valence-electron chi connectivity index (χ4n) is 1.10. The lowest BCUT2D eigenvalue weighted by Gasteiger charge is -2.06. The molecule has 1 aromatic heterocycles. The van der Waals surface area contributed by atoms with Crippen LogP contribution < -0.4 is 5.32 Å². The van der Waals surface area contributed by atoms with Crippen LogP contribution >= 0.6 is 11.6 Å². The summed E-state index contributed by atoms with van der Waals surface area (Å²) in [7, 11) is 1.88. The number of aromatic nitrogens is 2. The third kappa shape index (κ3) is 3.03. The zero-order chi connectivity index (χ0) is 10.6. The first-order valence-electron chi connectivity index (χ1n) is 4.50. The van der Waals surface area contributed by atoms with Crippen molar-refractivity contribution in [2.45, 2.75) is 18.7 Å². The number of rotatable bonds is 4. The zero-order valence-electron chi connectivity index (χ0n) is 8.33. The molecule has 0 aliphatic carbocycles. The molecule has 4 nitrogen and oxygen atoms in total. The van der Waals surface area contributed by atoms with E-state index in [4.69, 9.17) is 11.6 Å². The van der Waals surface area contributed by atoms with E-state index in [9.17, 15) is 4.79 Å². The summed E-state index contributed by atoms with van der Waals surface area (Å²) >= 11 is 5.59. The molecular formula is C9H14ClN3O. The summed E-state index contributed by atoms with van der Waals surface area (Å²) in [6, 6.07) is 1.93. The predicted octanol–water partition coefficient (Wildman–Crippen LogP) is 0.706. The van der Waals surface area contributed by atoms with E-state index in [1.807, 2.05) is 13.1 Å². The van der Waals surface area contributed by atoms with Crippen LogP contribution in [0.15, 0.2) is 12.3 Å². The Morgan fingerprint density at radius 2 is 2.50 bits per heavy atom. The Kier molecular flexibility index (Phi) is 3.95. The van der Waals surface area contributed by atoms with E-state index in [1.165, 1.54) is 0 Å². The van der Waals surface area contributed by atoms with E-state index in [0.29, 0.717) is 6.54 Å². The Bertz CT molecular complexity index is 309. The Labute approximate surface area is 88.2 Å². The molecule has 1 N–H and O–H groups in total. The number of carbonyl (C=O) groups excluding carboxylic acids is 1.